The number of aliphatic hydroxyl groups excluding tert-OH is 2. The Bertz CT molecular complexity index is 418. The van der Waals surface area contributed by atoms with E-state index in [2.05, 4.69) is 5.32 Å². The fourth-order valence-corrected chi connectivity index (χ4v) is 2.13. The third-order valence-corrected chi connectivity index (χ3v) is 3.01. The summed E-state index contributed by atoms with van der Waals surface area (Å²) in [6.07, 6.45) is -0.948. The van der Waals surface area contributed by atoms with Gasteiger partial charge in [0.2, 0.25) is 0 Å². The zero-order chi connectivity index (χ0) is 15.0. The van der Waals surface area contributed by atoms with E-state index < -0.39 is 6.10 Å². The molecule has 1 atom stereocenters. The van der Waals surface area contributed by atoms with Gasteiger partial charge in [0.1, 0.15) is 18.5 Å². The van der Waals surface area contributed by atoms with Gasteiger partial charge in [-0.2, -0.15) is 0 Å². The quantitative estimate of drug-likeness (QED) is 0.600. The van der Waals surface area contributed by atoms with Crippen LogP contribution in [0.1, 0.15) is 5.56 Å². The van der Waals surface area contributed by atoms with Crippen LogP contribution in [0, 0.1) is 0 Å². The topological polar surface area (TPSA) is 71.0 Å². The summed E-state index contributed by atoms with van der Waals surface area (Å²) in [5.41, 5.74) is 0.781. The molecule has 0 aliphatic rings. The summed E-state index contributed by atoms with van der Waals surface area (Å²) >= 11 is 12.1. The average Bonchev–Trinajstić information content (AvgIpc) is 2.42. The smallest absolute Gasteiger partial charge is 0.142 e. The highest BCUT2D eigenvalue weighted by Crippen LogP contribution is 2.32. The first-order chi connectivity index (χ1) is 9.58. The minimum Gasteiger partial charge on any atom is -0.489 e. The van der Waals surface area contributed by atoms with E-state index in [4.69, 9.17) is 37.8 Å². The van der Waals surface area contributed by atoms with Crippen molar-refractivity contribution < 1.29 is 19.7 Å². The van der Waals surface area contributed by atoms with Gasteiger partial charge in [-0.05, 0) is 12.1 Å². The summed E-state index contributed by atoms with van der Waals surface area (Å²) in [5.74, 6) is 0.452. The zero-order valence-corrected chi connectivity index (χ0v) is 12.7. The summed E-state index contributed by atoms with van der Waals surface area (Å²) in [6, 6.07) is 3.32. The number of ether oxygens (including phenoxy) is 2. The molecule has 3 N–H and O–H groups in total. The third-order valence-electron chi connectivity index (χ3n) is 2.51. The Morgan fingerprint density at radius 1 is 1.35 bits per heavy atom. The van der Waals surface area contributed by atoms with Crippen LogP contribution in [-0.4, -0.2) is 49.8 Å². The van der Waals surface area contributed by atoms with Gasteiger partial charge in [-0.3, -0.25) is 0 Å². The number of hydrogen-bond donors (Lipinski definition) is 3. The first-order valence-corrected chi connectivity index (χ1v) is 6.93. The predicted octanol–water partition coefficient (Wildman–Crippen LogP) is 1.46. The summed E-state index contributed by atoms with van der Waals surface area (Å²) < 4.78 is 10.4. The highest BCUT2D eigenvalue weighted by molar-refractivity contribution is 6.35. The number of aliphatic hydroxyl groups is 2. The van der Waals surface area contributed by atoms with Crippen LogP contribution in [0.25, 0.3) is 0 Å². The Labute approximate surface area is 128 Å². The van der Waals surface area contributed by atoms with E-state index in [0.29, 0.717) is 35.5 Å². The number of hydrogen-bond acceptors (Lipinski definition) is 5. The van der Waals surface area contributed by atoms with Crippen LogP contribution in [0.2, 0.25) is 10.0 Å². The van der Waals surface area contributed by atoms with E-state index in [-0.39, 0.29) is 13.2 Å². The second-order valence-electron chi connectivity index (χ2n) is 4.19. The molecule has 0 amide bonds. The van der Waals surface area contributed by atoms with Crippen LogP contribution in [0.5, 0.6) is 5.75 Å². The maximum Gasteiger partial charge on any atom is 0.142 e. The maximum atomic E-state index is 9.33. The van der Waals surface area contributed by atoms with Crippen LogP contribution < -0.4 is 10.1 Å². The normalized spacial score (nSPS) is 12.4. The largest absolute Gasteiger partial charge is 0.489 e. The lowest BCUT2D eigenvalue weighted by Crippen LogP contribution is -2.23. The lowest BCUT2D eigenvalue weighted by Gasteiger charge is -2.16. The van der Waals surface area contributed by atoms with Crippen molar-refractivity contribution in [2.24, 2.45) is 0 Å². The number of rotatable bonds is 9. The third kappa shape index (κ3) is 5.83. The Kier molecular flexibility index (Phi) is 8.21. The molecule has 0 bridgehead atoms. The van der Waals surface area contributed by atoms with Crippen molar-refractivity contribution >= 4 is 23.2 Å². The lowest BCUT2D eigenvalue weighted by molar-refractivity contribution is 0.0533. The molecule has 1 rings (SSSR count). The van der Waals surface area contributed by atoms with Gasteiger partial charge in [-0.1, -0.05) is 23.2 Å². The van der Waals surface area contributed by atoms with E-state index in [1.165, 1.54) is 0 Å². The summed E-state index contributed by atoms with van der Waals surface area (Å²) in [6.45, 7) is 1.37. The fourth-order valence-electron chi connectivity index (χ4n) is 1.54. The average molecular weight is 324 g/mol. The van der Waals surface area contributed by atoms with Gasteiger partial charge in [0, 0.05) is 30.8 Å². The molecule has 0 saturated heterocycles. The zero-order valence-electron chi connectivity index (χ0n) is 11.2. The molecule has 0 aliphatic carbocycles. The SMILES string of the molecule is COCCNCc1cc(Cl)cc(Cl)c1OCC(O)CO. The summed E-state index contributed by atoms with van der Waals surface area (Å²) in [5, 5.41) is 22.2. The van der Waals surface area contributed by atoms with Crippen molar-refractivity contribution in [2.75, 3.05) is 33.5 Å². The molecule has 0 fully saturated rings. The highest BCUT2D eigenvalue weighted by Gasteiger charge is 2.12. The molecule has 0 spiro atoms. The molecule has 0 aliphatic heterocycles. The van der Waals surface area contributed by atoms with Crippen LogP contribution in [0.4, 0.5) is 0 Å². The summed E-state index contributed by atoms with van der Waals surface area (Å²) in [4.78, 5) is 0. The van der Waals surface area contributed by atoms with Crippen LogP contribution in [0.3, 0.4) is 0 Å². The first-order valence-electron chi connectivity index (χ1n) is 6.17. The highest BCUT2D eigenvalue weighted by atomic mass is 35.5. The minimum atomic E-state index is -0.948. The fraction of sp³-hybridized carbons (Fsp3) is 0.538. The van der Waals surface area contributed by atoms with Crippen LogP contribution in [0.15, 0.2) is 12.1 Å². The van der Waals surface area contributed by atoms with Gasteiger partial charge in [-0.15, -0.1) is 0 Å². The Morgan fingerprint density at radius 3 is 2.75 bits per heavy atom. The molecule has 0 heterocycles. The van der Waals surface area contributed by atoms with Crippen molar-refractivity contribution in [3.8, 4) is 5.75 Å². The van der Waals surface area contributed by atoms with Crippen molar-refractivity contribution in [1.29, 1.82) is 0 Å². The van der Waals surface area contributed by atoms with Crippen molar-refractivity contribution in [2.45, 2.75) is 12.6 Å². The van der Waals surface area contributed by atoms with E-state index in [1.54, 1.807) is 19.2 Å². The van der Waals surface area contributed by atoms with Crippen molar-refractivity contribution in [3.63, 3.8) is 0 Å². The van der Waals surface area contributed by atoms with Gasteiger partial charge in [0.15, 0.2) is 0 Å². The molecular formula is C13H19Cl2NO4. The second kappa shape index (κ2) is 9.39. The number of nitrogens with one attached hydrogen (secondary N) is 1. The molecular weight excluding hydrogens is 305 g/mol. The number of halogens is 2. The molecule has 0 aromatic heterocycles. The van der Waals surface area contributed by atoms with Crippen molar-refractivity contribution in [3.05, 3.63) is 27.7 Å². The molecule has 1 unspecified atom stereocenters. The van der Waals surface area contributed by atoms with Gasteiger partial charge >= 0.3 is 0 Å². The standard InChI is InChI=1S/C13H19Cl2NO4/c1-19-3-2-16-6-9-4-10(14)5-12(15)13(9)20-8-11(18)7-17/h4-5,11,16-18H,2-3,6-8H2,1H3. The van der Waals surface area contributed by atoms with Gasteiger partial charge in [0.25, 0.3) is 0 Å². The molecule has 0 saturated carbocycles. The lowest BCUT2D eigenvalue weighted by atomic mass is 10.2. The predicted molar refractivity (Wildman–Crippen MR) is 78.6 cm³/mol. The Morgan fingerprint density at radius 2 is 2.10 bits per heavy atom. The Hall–Kier alpha value is -0.560. The first kappa shape index (κ1) is 17.5. The molecule has 5 nitrogen and oxygen atoms in total. The molecule has 7 heteroatoms. The van der Waals surface area contributed by atoms with Crippen LogP contribution in [-0.2, 0) is 11.3 Å². The summed E-state index contributed by atoms with van der Waals surface area (Å²) in [7, 11) is 1.63. The van der Waals surface area contributed by atoms with Gasteiger partial charge in [-0.25, -0.2) is 0 Å². The molecule has 20 heavy (non-hydrogen) atoms. The Balaban J connectivity index is 2.73. The number of benzene rings is 1. The minimum absolute atomic E-state index is 0.0388. The van der Waals surface area contributed by atoms with E-state index in [0.717, 1.165) is 5.56 Å². The maximum absolute atomic E-state index is 9.33. The monoisotopic (exact) mass is 323 g/mol. The second-order valence-corrected chi connectivity index (χ2v) is 5.04. The van der Waals surface area contributed by atoms with E-state index in [1.807, 2.05) is 0 Å². The van der Waals surface area contributed by atoms with Crippen LogP contribution >= 0.6 is 23.2 Å². The molecule has 0 radical (unpaired) electrons. The molecule has 1 aromatic rings. The number of methoxy groups -OCH3 is 1. The molecule has 114 valence electrons. The van der Waals surface area contributed by atoms with Gasteiger partial charge in [0.05, 0.1) is 18.2 Å². The van der Waals surface area contributed by atoms with Crippen molar-refractivity contribution in [1.82, 2.24) is 5.32 Å². The van der Waals surface area contributed by atoms with E-state index >= 15 is 0 Å². The van der Waals surface area contributed by atoms with E-state index in [9.17, 15) is 5.11 Å². The molecule has 1 aromatic carbocycles. The van der Waals surface area contributed by atoms with Gasteiger partial charge < -0.3 is 25.0 Å².